The molecule has 0 bridgehead atoms. The maximum absolute atomic E-state index is 3.47. The molecule has 0 radical (unpaired) electrons. The summed E-state index contributed by atoms with van der Waals surface area (Å²) in [6, 6.07) is 10.8. The maximum atomic E-state index is 3.47. The quantitative estimate of drug-likeness (QED) is 0.834. The summed E-state index contributed by atoms with van der Waals surface area (Å²) in [5.41, 5.74) is 1.46. The summed E-state index contributed by atoms with van der Waals surface area (Å²) in [6.45, 7) is 6.02. The molecule has 2 heteroatoms. The van der Waals surface area contributed by atoms with Crippen LogP contribution >= 0.6 is 0 Å². The minimum absolute atomic E-state index is 1.15. The van der Waals surface area contributed by atoms with Crippen LogP contribution in [-0.2, 0) is 6.42 Å². The van der Waals surface area contributed by atoms with Gasteiger partial charge in [-0.15, -0.1) is 0 Å². The van der Waals surface area contributed by atoms with Crippen molar-refractivity contribution in [3.63, 3.8) is 0 Å². The fraction of sp³-hybridized carbons (Fsp3) is 0.571. The SMILES string of the molecule is c1ccc(CCN2CCCCNCC2)cc1. The monoisotopic (exact) mass is 218 g/mol. The number of hydrogen-bond acceptors (Lipinski definition) is 2. The minimum atomic E-state index is 1.15. The van der Waals surface area contributed by atoms with Gasteiger partial charge in [-0.3, -0.25) is 0 Å². The molecule has 1 heterocycles. The molecule has 0 spiro atoms. The molecule has 88 valence electrons. The summed E-state index contributed by atoms with van der Waals surface area (Å²) in [6.07, 6.45) is 3.84. The minimum Gasteiger partial charge on any atom is -0.315 e. The maximum Gasteiger partial charge on any atom is 0.0107 e. The molecule has 16 heavy (non-hydrogen) atoms. The van der Waals surface area contributed by atoms with Gasteiger partial charge in [0, 0.05) is 19.6 Å². The number of nitrogens with zero attached hydrogens (tertiary/aromatic N) is 1. The lowest BCUT2D eigenvalue weighted by Gasteiger charge is -2.24. The molecule has 1 fully saturated rings. The van der Waals surface area contributed by atoms with Crippen LogP contribution in [0.4, 0.5) is 0 Å². The van der Waals surface area contributed by atoms with Crippen molar-refractivity contribution >= 4 is 0 Å². The second-order valence-electron chi connectivity index (χ2n) is 4.53. The fourth-order valence-electron chi connectivity index (χ4n) is 2.21. The third-order valence-electron chi connectivity index (χ3n) is 3.24. The van der Waals surface area contributed by atoms with Crippen molar-refractivity contribution in [3.05, 3.63) is 35.9 Å². The van der Waals surface area contributed by atoms with Crippen LogP contribution in [0.1, 0.15) is 18.4 Å². The molecule has 1 saturated heterocycles. The molecule has 1 aliphatic heterocycles. The molecular weight excluding hydrogens is 196 g/mol. The molecule has 0 unspecified atom stereocenters. The highest BCUT2D eigenvalue weighted by atomic mass is 15.1. The van der Waals surface area contributed by atoms with E-state index in [1.165, 1.54) is 51.0 Å². The van der Waals surface area contributed by atoms with E-state index in [9.17, 15) is 0 Å². The molecule has 0 amide bonds. The molecule has 1 aromatic carbocycles. The lowest BCUT2D eigenvalue weighted by Crippen LogP contribution is -2.37. The molecule has 2 rings (SSSR count). The predicted molar refractivity (Wildman–Crippen MR) is 68.7 cm³/mol. The van der Waals surface area contributed by atoms with E-state index in [0.717, 1.165) is 6.54 Å². The Hall–Kier alpha value is -0.860. The first-order valence-electron chi connectivity index (χ1n) is 6.42. The summed E-state index contributed by atoms with van der Waals surface area (Å²) >= 11 is 0. The summed E-state index contributed by atoms with van der Waals surface area (Å²) in [5.74, 6) is 0. The van der Waals surface area contributed by atoms with Gasteiger partial charge in [0.1, 0.15) is 0 Å². The Labute approximate surface area is 98.7 Å². The Balaban J connectivity index is 1.75. The van der Waals surface area contributed by atoms with E-state index >= 15 is 0 Å². The van der Waals surface area contributed by atoms with Crippen molar-refractivity contribution in [1.82, 2.24) is 10.2 Å². The van der Waals surface area contributed by atoms with Crippen molar-refractivity contribution in [2.75, 3.05) is 32.7 Å². The number of hydrogen-bond donors (Lipinski definition) is 1. The van der Waals surface area contributed by atoms with Crippen molar-refractivity contribution in [1.29, 1.82) is 0 Å². The van der Waals surface area contributed by atoms with E-state index in [1.54, 1.807) is 0 Å². The summed E-state index contributed by atoms with van der Waals surface area (Å²) in [7, 11) is 0. The second kappa shape index (κ2) is 6.66. The summed E-state index contributed by atoms with van der Waals surface area (Å²) < 4.78 is 0. The Bertz CT molecular complexity index is 276. The van der Waals surface area contributed by atoms with Gasteiger partial charge >= 0.3 is 0 Å². The van der Waals surface area contributed by atoms with Crippen molar-refractivity contribution in [3.8, 4) is 0 Å². The topological polar surface area (TPSA) is 15.3 Å². The Morgan fingerprint density at radius 2 is 1.88 bits per heavy atom. The third-order valence-corrected chi connectivity index (χ3v) is 3.24. The predicted octanol–water partition coefficient (Wildman–Crippen LogP) is 1.91. The molecule has 1 N–H and O–H groups in total. The first kappa shape index (κ1) is 11.6. The van der Waals surface area contributed by atoms with Crippen LogP contribution in [0, 0.1) is 0 Å². The van der Waals surface area contributed by atoms with E-state index in [2.05, 4.69) is 40.5 Å². The molecule has 0 saturated carbocycles. The first-order chi connectivity index (χ1) is 7.95. The van der Waals surface area contributed by atoms with Gasteiger partial charge in [-0.25, -0.2) is 0 Å². The Kier molecular flexibility index (Phi) is 4.84. The van der Waals surface area contributed by atoms with Crippen LogP contribution in [-0.4, -0.2) is 37.6 Å². The zero-order chi connectivity index (χ0) is 11.1. The smallest absolute Gasteiger partial charge is 0.0107 e. The number of rotatable bonds is 3. The van der Waals surface area contributed by atoms with Gasteiger partial charge in [-0.05, 0) is 37.9 Å². The largest absolute Gasteiger partial charge is 0.315 e. The highest BCUT2D eigenvalue weighted by Crippen LogP contribution is 2.03. The van der Waals surface area contributed by atoms with Gasteiger partial charge in [0.2, 0.25) is 0 Å². The molecule has 0 aliphatic carbocycles. The molecule has 2 nitrogen and oxygen atoms in total. The average molecular weight is 218 g/mol. The summed E-state index contributed by atoms with van der Waals surface area (Å²) in [4.78, 5) is 2.58. The summed E-state index contributed by atoms with van der Waals surface area (Å²) in [5, 5.41) is 3.47. The van der Waals surface area contributed by atoms with Crippen LogP contribution in [0.3, 0.4) is 0 Å². The molecule has 0 aromatic heterocycles. The van der Waals surface area contributed by atoms with Gasteiger partial charge in [0.15, 0.2) is 0 Å². The zero-order valence-electron chi connectivity index (χ0n) is 9.99. The van der Waals surface area contributed by atoms with Gasteiger partial charge in [-0.2, -0.15) is 0 Å². The lowest BCUT2D eigenvalue weighted by molar-refractivity contribution is 0.257. The molecule has 1 aromatic rings. The highest BCUT2D eigenvalue weighted by molar-refractivity contribution is 5.14. The van der Waals surface area contributed by atoms with Crippen LogP contribution < -0.4 is 5.32 Å². The van der Waals surface area contributed by atoms with Crippen LogP contribution in [0.5, 0.6) is 0 Å². The van der Waals surface area contributed by atoms with Crippen LogP contribution in [0.15, 0.2) is 30.3 Å². The van der Waals surface area contributed by atoms with Crippen molar-refractivity contribution in [2.24, 2.45) is 0 Å². The molecular formula is C14H22N2. The second-order valence-corrected chi connectivity index (χ2v) is 4.53. The normalized spacial score (nSPS) is 19.0. The van der Waals surface area contributed by atoms with Gasteiger partial charge in [-0.1, -0.05) is 30.3 Å². The van der Waals surface area contributed by atoms with Crippen LogP contribution in [0.2, 0.25) is 0 Å². The van der Waals surface area contributed by atoms with E-state index < -0.39 is 0 Å². The molecule has 1 aliphatic rings. The highest BCUT2D eigenvalue weighted by Gasteiger charge is 2.07. The fourth-order valence-corrected chi connectivity index (χ4v) is 2.21. The van der Waals surface area contributed by atoms with Gasteiger partial charge in [0.25, 0.3) is 0 Å². The van der Waals surface area contributed by atoms with Crippen molar-refractivity contribution < 1.29 is 0 Å². The van der Waals surface area contributed by atoms with Crippen molar-refractivity contribution in [2.45, 2.75) is 19.3 Å². The average Bonchev–Trinajstić information content (AvgIpc) is 2.29. The Morgan fingerprint density at radius 1 is 1.00 bits per heavy atom. The Morgan fingerprint density at radius 3 is 2.75 bits per heavy atom. The standard InChI is InChI=1S/C14H22N2/c1-2-6-14(7-3-1)8-12-16-11-5-4-9-15-10-13-16/h1-3,6-7,15H,4-5,8-13H2. The number of benzene rings is 1. The van der Waals surface area contributed by atoms with E-state index in [-0.39, 0.29) is 0 Å². The van der Waals surface area contributed by atoms with Gasteiger partial charge < -0.3 is 10.2 Å². The number of nitrogens with one attached hydrogen (secondary N) is 1. The first-order valence-corrected chi connectivity index (χ1v) is 6.42. The van der Waals surface area contributed by atoms with E-state index in [4.69, 9.17) is 0 Å². The third kappa shape index (κ3) is 3.95. The lowest BCUT2D eigenvalue weighted by atomic mass is 10.1. The van der Waals surface area contributed by atoms with E-state index in [0.29, 0.717) is 0 Å². The van der Waals surface area contributed by atoms with Gasteiger partial charge in [0.05, 0.1) is 0 Å². The molecule has 0 atom stereocenters. The van der Waals surface area contributed by atoms with E-state index in [1.807, 2.05) is 0 Å². The van der Waals surface area contributed by atoms with Crippen LogP contribution in [0.25, 0.3) is 0 Å². The zero-order valence-corrected chi connectivity index (χ0v) is 9.99.